The lowest BCUT2D eigenvalue weighted by molar-refractivity contribution is 0.865. The Bertz CT molecular complexity index is 612. The van der Waals surface area contributed by atoms with Crippen LogP contribution in [0.2, 0.25) is 0 Å². The van der Waals surface area contributed by atoms with Gasteiger partial charge in [-0.3, -0.25) is 0 Å². The van der Waals surface area contributed by atoms with Gasteiger partial charge in [0.15, 0.2) is 5.69 Å². The molecule has 0 atom stereocenters. The average Bonchev–Trinajstić information content (AvgIpc) is 2.41. The number of aromatic nitrogens is 1. The lowest BCUT2D eigenvalue weighted by Gasteiger charge is -2.07. The van der Waals surface area contributed by atoms with Crippen molar-refractivity contribution < 1.29 is 0 Å². The summed E-state index contributed by atoms with van der Waals surface area (Å²) in [6, 6.07) is 13.9. The number of hydrogen-bond donors (Lipinski definition) is 1. The van der Waals surface area contributed by atoms with Crippen LogP contribution in [0.4, 0.5) is 5.69 Å². The van der Waals surface area contributed by atoms with Gasteiger partial charge in [0.2, 0.25) is 0 Å². The third-order valence-corrected chi connectivity index (χ3v) is 3.72. The molecule has 0 amide bonds. The van der Waals surface area contributed by atoms with Crippen LogP contribution in [0.5, 0.6) is 0 Å². The van der Waals surface area contributed by atoms with Crippen LogP contribution in [-0.2, 0) is 0 Å². The molecule has 0 spiro atoms. The molecule has 1 aromatic carbocycles. The van der Waals surface area contributed by atoms with E-state index in [2.05, 4.69) is 43.1 Å². The van der Waals surface area contributed by atoms with E-state index >= 15 is 0 Å². The van der Waals surface area contributed by atoms with Crippen LogP contribution in [-0.4, -0.2) is 4.98 Å². The molecule has 0 aliphatic carbocycles. The molecular weight excluding hydrogens is 254 g/mol. The van der Waals surface area contributed by atoms with Crippen molar-refractivity contribution in [2.45, 2.75) is 29.7 Å². The molecule has 96 valence electrons. The summed E-state index contributed by atoms with van der Waals surface area (Å²) in [5, 5.41) is 9.69. The summed E-state index contributed by atoms with van der Waals surface area (Å²) in [5.74, 6) is 0.527. The Hall–Kier alpha value is -1.99. The van der Waals surface area contributed by atoms with Gasteiger partial charge in [-0.15, -0.1) is 0 Å². The van der Waals surface area contributed by atoms with Gasteiger partial charge in [-0.2, -0.15) is 5.26 Å². The number of pyridine rings is 1. The Morgan fingerprint density at radius 2 is 1.84 bits per heavy atom. The minimum atomic E-state index is 0.281. The zero-order valence-electron chi connectivity index (χ0n) is 10.9. The zero-order valence-corrected chi connectivity index (χ0v) is 11.7. The van der Waals surface area contributed by atoms with Crippen LogP contribution >= 0.6 is 11.8 Å². The number of nitrogens with two attached hydrogens (primary N) is 1. The maximum atomic E-state index is 8.90. The third-order valence-electron chi connectivity index (χ3n) is 2.78. The number of hydrogen-bond acceptors (Lipinski definition) is 4. The first-order valence-electron chi connectivity index (χ1n) is 6.04. The Morgan fingerprint density at radius 1 is 1.16 bits per heavy atom. The molecule has 2 rings (SSSR count). The molecule has 1 heterocycles. The number of nitriles is 1. The molecule has 0 aliphatic rings. The number of nitrogens with zero attached hydrogens (tertiary/aromatic N) is 2. The number of rotatable bonds is 3. The predicted molar refractivity (Wildman–Crippen MR) is 78.0 cm³/mol. The van der Waals surface area contributed by atoms with E-state index in [-0.39, 0.29) is 5.69 Å². The maximum absolute atomic E-state index is 8.90. The Kier molecular flexibility index (Phi) is 4.08. The van der Waals surface area contributed by atoms with E-state index in [1.54, 1.807) is 6.07 Å². The highest BCUT2D eigenvalue weighted by Crippen LogP contribution is 2.28. The second kappa shape index (κ2) is 5.77. The molecule has 2 aromatic rings. The monoisotopic (exact) mass is 269 g/mol. The second-order valence-electron chi connectivity index (χ2n) is 4.52. The van der Waals surface area contributed by atoms with E-state index in [1.165, 1.54) is 17.3 Å². The third kappa shape index (κ3) is 3.27. The zero-order chi connectivity index (χ0) is 13.8. The lowest BCUT2D eigenvalue weighted by atomic mass is 10.0. The molecule has 0 aliphatic heterocycles. The topological polar surface area (TPSA) is 62.7 Å². The van der Waals surface area contributed by atoms with Crippen LogP contribution in [0.1, 0.15) is 31.0 Å². The Morgan fingerprint density at radius 3 is 2.42 bits per heavy atom. The maximum Gasteiger partial charge on any atom is 0.164 e. The molecule has 0 saturated heterocycles. The highest BCUT2D eigenvalue weighted by molar-refractivity contribution is 7.99. The fourth-order valence-corrected chi connectivity index (χ4v) is 2.43. The SMILES string of the molecule is CC(C)c1ccc(Sc2ccc(N)c(C#N)n2)cc1. The van der Waals surface area contributed by atoms with Gasteiger partial charge in [0.05, 0.1) is 5.69 Å². The van der Waals surface area contributed by atoms with Crippen molar-refractivity contribution in [2.75, 3.05) is 5.73 Å². The van der Waals surface area contributed by atoms with E-state index < -0.39 is 0 Å². The van der Waals surface area contributed by atoms with Gasteiger partial charge >= 0.3 is 0 Å². The van der Waals surface area contributed by atoms with Gasteiger partial charge in [-0.05, 0) is 35.7 Å². The summed E-state index contributed by atoms with van der Waals surface area (Å²) < 4.78 is 0. The molecular formula is C15H15N3S. The van der Waals surface area contributed by atoms with Gasteiger partial charge in [0, 0.05) is 4.90 Å². The first kappa shape index (κ1) is 13.4. The first-order valence-corrected chi connectivity index (χ1v) is 6.86. The minimum Gasteiger partial charge on any atom is -0.396 e. The van der Waals surface area contributed by atoms with E-state index in [9.17, 15) is 0 Å². The van der Waals surface area contributed by atoms with Gasteiger partial charge < -0.3 is 5.73 Å². The van der Waals surface area contributed by atoms with Crippen LogP contribution in [0.15, 0.2) is 46.3 Å². The number of nitrogen functional groups attached to an aromatic ring is 1. The van der Waals surface area contributed by atoms with Crippen LogP contribution in [0, 0.1) is 11.3 Å². The first-order chi connectivity index (χ1) is 9.10. The number of anilines is 1. The van der Waals surface area contributed by atoms with Crippen molar-refractivity contribution in [1.82, 2.24) is 4.98 Å². The van der Waals surface area contributed by atoms with E-state index in [1.807, 2.05) is 12.1 Å². The Balaban J connectivity index is 2.19. The van der Waals surface area contributed by atoms with Crippen molar-refractivity contribution in [1.29, 1.82) is 5.26 Å². The van der Waals surface area contributed by atoms with Crippen molar-refractivity contribution in [3.05, 3.63) is 47.7 Å². The van der Waals surface area contributed by atoms with Crippen LogP contribution in [0.3, 0.4) is 0 Å². The van der Waals surface area contributed by atoms with Crippen LogP contribution < -0.4 is 5.73 Å². The predicted octanol–water partition coefficient (Wildman–Crippen LogP) is 3.81. The molecule has 1 aromatic heterocycles. The molecule has 19 heavy (non-hydrogen) atoms. The fraction of sp³-hybridized carbons (Fsp3) is 0.200. The van der Waals surface area contributed by atoms with Crippen molar-refractivity contribution in [3.8, 4) is 6.07 Å². The second-order valence-corrected chi connectivity index (χ2v) is 5.62. The molecule has 0 radical (unpaired) electrons. The summed E-state index contributed by atoms with van der Waals surface area (Å²) in [6.07, 6.45) is 0. The largest absolute Gasteiger partial charge is 0.396 e. The molecule has 0 unspecified atom stereocenters. The van der Waals surface area contributed by atoms with Crippen molar-refractivity contribution >= 4 is 17.4 Å². The lowest BCUT2D eigenvalue weighted by Crippen LogP contribution is -1.94. The Labute approximate surface area is 117 Å². The summed E-state index contributed by atoms with van der Waals surface area (Å²) in [7, 11) is 0. The summed E-state index contributed by atoms with van der Waals surface area (Å²) in [5.41, 5.74) is 7.66. The smallest absolute Gasteiger partial charge is 0.164 e. The standard InChI is InChI=1S/C15H15N3S/c1-10(2)11-3-5-12(6-4-11)19-15-8-7-13(17)14(9-16)18-15/h3-8,10H,17H2,1-2H3. The highest BCUT2D eigenvalue weighted by Gasteiger charge is 2.05. The summed E-state index contributed by atoms with van der Waals surface area (Å²) >= 11 is 1.53. The van der Waals surface area contributed by atoms with E-state index in [0.29, 0.717) is 11.6 Å². The number of benzene rings is 1. The molecule has 3 nitrogen and oxygen atoms in total. The van der Waals surface area contributed by atoms with Crippen molar-refractivity contribution in [2.24, 2.45) is 0 Å². The van der Waals surface area contributed by atoms with Crippen molar-refractivity contribution in [3.63, 3.8) is 0 Å². The van der Waals surface area contributed by atoms with E-state index in [0.717, 1.165) is 9.92 Å². The summed E-state index contributed by atoms with van der Waals surface area (Å²) in [4.78, 5) is 5.32. The normalized spacial score (nSPS) is 10.4. The molecule has 0 saturated carbocycles. The molecule has 0 bridgehead atoms. The summed E-state index contributed by atoms with van der Waals surface area (Å²) in [6.45, 7) is 4.34. The molecule has 4 heteroatoms. The van der Waals surface area contributed by atoms with E-state index in [4.69, 9.17) is 11.0 Å². The van der Waals surface area contributed by atoms with Gasteiger partial charge in [-0.1, -0.05) is 37.7 Å². The fourth-order valence-electron chi connectivity index (χ4n) is 1.64. The average molecular weight is 269 g/mol. The van der Waals surface area contributed by atoms with Gasteiger partial charge in [-0.25, -0.2) is 4.98 Å². The highest BCUT2D eigenvalue weighted by atomic mass is 32.2. The minimum absolute atomic E-state index is 0.281. The van der Waals surface area contributed by atoms with Crippen LogP contribution in [0.25, 0.3) is 0 Å². The van der Waals surface area contributed by atoms with Gasteiger partial charge in [0.25, 0.3) is 0 Å². The quantitative estimate of drug-likeness (QED) is 0.920. The van der Waals surface area contributed by atoms with Gasteiger partial charge in [0.1, 0.15) is 11.1 Å². The molecule has 2 N–H and O–H groups in total. The molecule has 0 fully saturated rings.